The minimum absolute atomic E-state index is 0.0357. The number of likely N-dealkylation sites (N-methyl/N-ethyl adjacent to an activating group) is 1. The summed E-state index contributed by atoms with van der Waals surface area (Å²) in [5.74, 6) is -0.462. The highest BCUT2D eigenvalue weighted by atomic mass is 19.1. The number of halogens is 1. The van der Waals surface area contributed by atoms with Crippen LogP contribution in [0.15, 0.2) is 59.8 Å². The van der Waals surface area contributed by atoms with Gasteiger partial charge in [-0.1, -0.05) is 0 Å². The van der Waals surface area contributed by atoms with Gasteiger partial charge in [0, 0.05) is 99.7 Å². The Morgan fingerprint density at radius 3 is 2.30 bits per heavy atom. The van der Waals surface area contributed by atoms with Crippen molar-refractivity contribution < 1.29 is 32.9 Å². The maximum absolute atomic E-state index is 16.3. The van der Waals surface area contributed by atoms with Crippen molar-refractivity contribution in [2.75, 3.05) is 89.2 Å². The molecule has 1 saturated carbocycles. The molecule has 3 aromatic heterocycles. The molecule has 1 aliphatic carbocycles. The Hall–Kier alpha value is -5.16. The van der Waals surface area contributed by atoms with E-state index in [1.54, 1.807) is 11.9 Å². The fraction of sp³-hybridized carbons (Fsp3) is 0.580. The number of aryl methyl sites for hydroxylation is 2. The molecular weight excluding hydrogens is 844 g/mol. The third kappa shape index (κ3) is 13.5. The van der Waals surface area contributed by atoms with Crippen LogP contribution in [0.4, 0.5) is 20.6 Å². The molecule has 0 radical (unpaired) electrons. The van der Waals surface area contributed by atoms with Gasteiger partial charge in [-0.25, -0.2) is 9.18 Å². The molecule has 3 fully saturated rings. The van der Waals surface area contributed by atoms with Gasteiger partial charge in [0.2, 0.25) is 5.91 Å². The first kappa shape index (κ1) is 48.8. The van der Waals surface area contributed by atoms with Crippen molar-refractivity contribution in [3.63, 3.8) is 0 Å². The molecule has 1 N–H and O–H groups in total. The second-order valence-corrected chi connectivity index (χ2v) is 19.0. The minimum Gasteiger partial charge on any atom is -0.444 e. The van der Waals surface area contributed by atoms with Crippen LogP contribution in [-0.4, -0.2) is 133 Å². The number of anilines is 2. The Labute approximate surface area is 388 Å². The molecule has 0 bridgehead atoms. The Morgan fingerprint density at radius 2 is 1.59 bits per heavy atom. The molecule has 3 aliphatic rings. The molecule has 66 heavy (non-hydrogen) atoms. The van der Waals surface area contributed by atoms with Gasteiger partial charge >= 0.3 is 6.09 Å². The summed E-state index contributed by atoms with van der Waals surface area (Å²) in [4.78, 5) is 56.9. The van der Waals surface area contributed by atoms with Gasteiger partial charge in [0.25, 0.3) is 0 Å². The van der Waals surface area contributed by atoms with Crippen LogP contribution in [0.25, 0.3) is 10.9 Å². The van der Waals surface area contributed by atoms with E-state index >= 15 is 4.39 Å². The highest BCUT2D eigenvalue weighted by Crippen LogP contribution is 2.39. The Kier molecular flexibility index (Phi) is 16.7. The highest BCUT2D eigenvalue weighted by Gasteiger charge is 2.33. The van der Waals surface area contributed by atoms with Gasteiger partial charge < -0.3 is 43.5 Å². The molecule has 358 valence electrons. The fourth-order valence-corrected chi connectivity index (χ4v) is 8.93. The van der Waals surface area contributed by atoms with Crippen LogP contribution >= 0.6 is 0 Å². The predicted molar refractivity (Wildman–Crippen MR) is 254 cm³/mol. The monoisotopic (exact) mass is 913 g/mol. The molecule has 0 unspecified atom stereocenters. The molecule has 0 spiro atoms. The molecule has 5 heterocycles. The van der Waals surface area contributed by atoms with Gasteiger partial charge in [-0.15, -0.1) is 0 Å². The van der Waals surface area contributed by atoms with E-state index in [4.69, 9.17) is 18.9 Å². The number of nitrogens with one attached hydrogen (secondary N) is 1. The first-order valence-electron chi connectivity index (χ1n) is 23.6. The lowest BCUT2D eigenvalue weighted by atomic mass is 10.0. The van der Waals surface area contributed by atoms with Crippen LogP contribution in [0.2, 0.25) is 0 Å². The number of ether oxygens (including phenoxy) is 4. The average Bonchev–Trinajstić information content (AvgIpc) is 4.02. The van der Waals surface area contributed by atoms with Gasteiger partial charge in [-0.3, -0.25) is 24.5 Å². The SMILES string of the molecule is Cc1ccc(N2CCC[C@H](N(Cc3ccnc(C)c3)Cc3cn(C4CC4)c4cc(N5CC[C@@H](N(C)C(=O)CCOCCOCCOCCNC(=O)OC(C)(C)C)C5)c(F)cc4c3=O)C2)cn1. The van der Waals surface area contributed by atoms with Crippen molar-refractivity contribution in [2.24, 2.45) is 0 Å². The molecule has 15 nitrogen and oxygen atoms in total. The molecule has 7 rings (SSSR count). The van der Waals surface area contributed by atoms with Crippen LogP contribution in [0, 0.1) is 19.7 Å². The summed E-state index contributed by atoms with van der Waals surface area (Å²) in [6.45, 7) is 15.8. The largest absolute Gasteiger partial charge is 0.444 e. The van der Waals surface area contributed by atoms with Crippen LogP contribution in [-0.2, 0) is 36.8 Å². The second kappa shape index (κ2) is 22.6. The first-order chi connectivity index (χ1) is 31.7. The topological polar surface area (TPSA) is 144 Å². The summed E-state index contributed by atoms with van der Waals surface area (Å²) in [5, 5.41) is 3.04. The number of pyridine rings is 3. The molecule has 4 aromatic rings. The maximum atomic E-state index is 16.3. The van der Waals surface area contributed by atoms with Gasteiger partial charge in [0.15, 0.2) is 5.43 Å². The number of aromatic nitrogens is 3. The van der Waals surface area contributed by atoms with E-state index in [2.05, 4.69) is 47.9 Å². The van der Waals surface area contributed by atoms with Crippen molar-refractivity contribution in [1.29, 1.82) is 0 Å². The van der Waals surface area contributed by atoms with E-state index in [9.17, 15) is 14.4 Å². The Morgan fingerprint density at radius 1 is 0.848 bits per heavy atom. The minimum atomic E-state index is -0.547. The van der Waals surface area contributed by atoms with Gasteiger partial charge in [0.05, 0.1) is 75.2 Å². The summed E-state index contributed by atoms with van der Waals surface area (Å²) in [6.07, 6.45) is 10.3. The first-order valence-corrected chi connectivity index (χ1v) is 23.6. The van der Waals surface area contributed by atoms with Crippen molar-refractivity contribution in [3.8, 4) is 0 Å². The van der Waals surface area contributed by atoms with E-state index in [1.165, 1.54) is 6.07 Å². The van der Waals surface area contributed by atoms with E-state index in [0.717, 1.165) is 66.9 Å². The number of piperidine rings is 1. The van der Waals surface area contributed by atoms with E-state index in [1.807, 2.05) is 70.2 Å². The molecule has 2 saturated heterocycles. The summed E-state index contributed by atoms with van der Waals surface area (Å²) >= 11 is 0. The molecule has 2 amide bonds. The molecule has 16 heteroatoms. The van der Waals surface area contributed by atoms with E-state index in [0.29, 0.717) is 88.8 Å². The summed E-state index contributed by atoms with van der Waals surface area (Å²) in [5.41, 5.74) is 5.39. The zero-order valence-corrected chi connectivity index (χ0v) is 39.7. The Balaban J connectivity index is 0.932. The van der Waals surface area contributed by atoms with Crippen LogP contribution < -0.4 is 20.5 Å². The van der Waals surface area contributed by atoms with Gasteiger partial charge in [0.1, 0.15) is 11.4 Å². The number of carbonyl (C=O) groups excluding carboxylic acids is 2. The normalized spacial score (nSPS) is 17.8. The number of alkyl carbamates (subject to hydrolysis) is 1. The second-order valence-electron chi connectivity index (χ2n) is 19.0. The average molecular weight is 913 g/mol. The van der Waals surface area contributed by atoms with Crippen LogP contribution in [0.3, 0.4) is 0 Å². The van der Waals surface area contributed by atoms with E-state index in [-0.39, 0.29) is 42.5 Å². The van der Waals surface area contributed by atoms with Crippen molar-refractivity contribution >= 4 is 34.3 Å². The lowest BCUT2D eigenvalue weighted by Gasteiger charge is -2.40. The highest BCUT2D eigenvalue weighted by molar-refractivity contribution is 5.84. The number of carbonyl (C=O) groups is 2. The van der Waals surface area contributed by atoms with Crippen molar-refractivity contribution in [1.82, 2.24) is 29.7 Å². The lowest BCUT2D eigenvalue weighted by molar-refractivity contribution is -0.132. The quantitative estimate of drug-likeness (QED) is 0.0906. The van der Waals surface area contributed by atoms with Crippen molar-refractivity contribution in [2.45, 2.75) is 110 Å². The fourth-order valence-electron chi connectivity index (χ4n) is 8.93. The number of rotatable bonds is 21. The summed E-state index contributed by atoms with van der Waals surface area (Å²) < 4.78 is 40.4. The van der Waals surface area contributed by atoms with Crippen LogP contribution in [0.1, 0.15) is 87.9 Å². The number of fused-ring (bicyclic) bond motifs is 1. The third-order valence-electron chi connectivity index (χ3n) is 12.6. The number of nitrogens with zero attached hydrogens (tertiary/aromatic N) is 7. The summed E-state index contributed by atoms with van der Waals surface area (Å²) in [6, 6.07) is 12.0. The zero-order valence-electron chi connectivity index (χ0n) is 39.7. The number of hydrogen-bond donors (Lipinski definition) is 1. The smallest absolute Gasteiger partial charge is 0.407 e. The number of benzene rings is 1. The van der Waals surface area contributed by atoms with Crippen LogP contribution in [0.5, 0.6) is 0 Å². The summed E-state index contributed by atoms with van der Waals surface area (Å²) in [7, 11) is 1.80. The molecular formula is C50H69FN8O7. The maximum Gasteiger partial charge on any atom is 0.407 e. The molecule has 2 atom stereocenters. The van der Waals surface area contributed by atoms with Crippen molar-refractivity contribution in [3.05, 3.63) is 93.5 Å². The number of amides is 2. The number of hydrogen-bond acceptors (Lipinski definition) is 12. The zero-order chi connectivity index (χ0) is 46.8. The van der Waals surface area contributed by atoms with Gasteiger partial charge in [-0.2, -0.15) is 0 Å². The molecule has 2 aliphatic heterocycles. The standard InChI is InChI=1S/C50H69FN8O7/c1-35-9-10-40(29-54-35)56-18-7-8-42(34-56)58(30-37-13-16-52-36(2)26-37)31-38-32-59(39-11-12-39)45-28-46(44(51)27-43(45)48(38)61)57-19-14-41(33-57)55(6)47(60)15-20-63-22-24-65-25-23-64-21-17-53-49(62)66-50(3,4)5/h9-10,13,16,26-29,32,39,41-42H,7-8,11-12,14-15,17-25,30-31,33-34H2,1-6H3,(H,53,62)/t41-,42+/m1/s1. The molecule has 1 aromatic carbocycles. The Bertz CT molecular complexity index is 2320. The predicted octanol–water partition coefficient (Wildman–Crippen LogP) is 6.56. The van der Waals surface area contributed by atoms with E-state index < -0.39 is 17.5 Å². The third-order valence-corrected chi connectivity index (χ3v) is 12.6. The lowest BCUT2D eigenvalue weighted by Crippen LogP contribution is -2.48. The van der Waals surface area contributed by atoms with Gasteiger partial charge in [-0.05, 0) is 109 Å².